The number of hydrogen-bond donors (Lipinski definition) is 1. The van der Waals surface area contributed by atoms with Crippen molar-refractivity contribution in [3.63, 3.8) is 0 Å². The van der Waals surface area contributed by atoms with Gasteiger partial charge in [0.25, 0.3) is 0 Å². The van der Waals surface area contributed by atoms with E-state index in [0.717, 1.165) is 24.8 Å². The van der Waals surface area contributed by atoms with E-state index in [9.17, 15) is 18.3 Å². The number of benzene rings is 1. The van der Waals surface area contributed by atoms with Crippen molar-refractivity contribution in [1.82, 2.24) is 0 Å². The molecule has 0 heterocycles. The molecule has 1 aromatic carbocycles. The molecule has 1 rings (SSSR count). The summed E-state index contributed by atoms with van der Waals surface area (Å²) in [5.74, 6) is -1.37. The van der Waals surface area contributed by atoms with Gasteiger partial charge in [0.15, 0.2) is 15.1 Å². The van der Waals surface area contributed by atoms with E-state index in [1.807, 2.05) is 19.1 Å². The van der Waals surface area contributed by atoms with Crippen LogP contribution in [0.5, 0.6) is 0 Å². The summed E-state index contributed by atoms with van der Waals surface area (Å²) in [6, 6.07) is 7.38. The fourth-order valence-corrected chi connectivity index (χ4v) is 4.24. The largest absolute Gasteiger partial charge is 0.480 e. The van der Waals surface area contributed by atoms with Gasteiger partial charge in [-0.1, -0.05) is 49.9 Å². The van der Waals surface area contributed by atoms with Gasteiger partial charge >= 0.3 is 5.97 Å². The molecule has 0 spiro atoms. The van der Waals surface area contributed by atoms with E-state index in [-0.39, 0.29) is 18.8 Å². The van der Waals surface area contributed by atoms with E-state index in [2.05, 4.69) is 0 Å². The van der Waals surface area contributed by atoms with Gasteiger partial charge in [-0.25, -0.2) is 8.42 Å². The van der Waals surface area contributed by atoms with Crippen LogP contribution in [0.1, 0.15) is 44.6 Å². The fourth-order valence-electron chi connectivity index (χ4n) is 2.46. The summed E-state index contributed by atoms with van der Waals surface area (Å²) in [4.78, 5) is 11.3. The third kappa shape index (κ3) is 8.70. The van der Waals surface area contributed by atoms with Crippen LogP contribution < -0.4 is 0 Å². The van der Waals surface area contributed by atoms with Crippen LogP contribution in [0.25, 0.3) is 0 Å². The quantitative estimate of drug-likeness (QED) is 0.519. The Balaban J connectivity index is 2.37. The Morgan fingerprint density at radius 3 is 2.44 bits per heavy atom. The minimum atomic E-state index is -3.64. The second-order valence-corrected chi connectivity index (χ2v) is 8.77. The highest BCUT2D eigenvalue weighted by Gasteiger charge is 2.31. The van der Waals surface area contributed by atoms with Crippen LogP contribution in [0, 0.1) is 0 Å². The molecule has 7 heteroatoms. The van der Waals surface area contributed by atoms with Crippen LogP contribution in [0.3, 0.4) is 0 Å². The number of carboxylic acids is 1. The van der Waals surface area contributed by atoms with Crippen molar-refractivity contribution in [3.8, 4) is 0 Å². The number of ether oxygens (including phenoxy) is 1. The maximum atomic E-state index is 12.2. The van der Waals surface area contributed by atoms with Crippen LogP contribution >= 0.6 is 11.6 Å². The highest BCUT2D eigenvalue weighted by Crippen LogP contribution is 2.13. The van der Waals surface area contributed by atoms with Gasteiger partial charge in [0.1, 0.15) is 0 Å². The van der Waals surface area contributed by atoms with E-state index in [1.165, 1.54) is 0 Å². The number of carboxylic acid groups (broad SMARTS) is 1. The minimum Gasteiger partial charge on any atom is -0.480 e. The van der Waals surface area contributed by atoms with Crippen molar-refractivity contribution in [2.24, 2.45) is 0 Å². The van der Waals surface area contributed by atoms with Crippen LogP contribution in [0.2, 0.25) is 5.02 Å². The molecule has 0 aliphatic carbocycles. The van der Waals surface area contributed by atoms with Crippen LogP contribution in [0.15, 0.2) is 24.3 Å². The molecular weight excluding hydrogens is 364 g/mol. The number of unbranched alkanes of at least 4 members (excludes halogenated alkanes) is 3. The number of hydrogen-bond acceptors (Lipinski definition) is 4. The van der Waals surface area contributed by atoms with E-state index >= 15 is 0 Å². The Labute approximate surface area is 155 Å². The van der Waals surface area contributed by atoms with E-state index in [0.29, 0.717) is 24.5 Å². The van der Waals surface area contributed by atoms with Crippen molar-refractivity contribution in [1.29, 1.82) is 0 Å². The van der Waals surface area contributed by atoms with Crippen molar-refractivity contribution >= 4 is 27.4 Å². The monoisotopic (exact) mass is 390 g/mol. The first kappa shape index (κ1) is 21.9. The van der Waals surface area contributed by atoms with Gasteiger partial charge in [0.05, 0.1) is 12.4 Å². The number of carbonyl (C=O) groups is 1. The van der Waals surface area contributed by atoms with Crippen molar-refractivity contribution in [2.45, 2.75) is 50.7 Å². The SMILES string of the molecule is CCCCCCS(=O)(=O)C(CCOCCc1ccc(Cl)cc1)C(=O)O. The van der Waals surface area contributed by atoms with Crippen molar-refractivity contribution in [2.75, 3.05) is 19.0 Å². The van der Waals surface area contributed by atoms with Crippen molar-refractivity contribution in [3.05, 3.63) is 34.9 Å². The summed E-state index contributed by atoms with van der Waals surface area (Å²) < 4.78 is 29.8. The summed E-state index contributed by atoms with van der Waals surface area (Å²) in [5.41, 5.74) is 1.06. The first-order chi connectivity index (χ1) is 11.9. The van der Waals surface area contributed by atoms with E-state index in [1.54, 1.807) is 12.1 Å². The van der Waals surface area contributed by atoms with Gasteiger partial charge in [-0.05, 0) is 37.0 Å². The predicted molar refractivity (Wildman–Crippen MR) is 99.9 cm³/mol. The average molecular weight is 391 g/mol. The molecule has 1 N–H and O–H groups in total. The first-order valence-electron chi connectivity index (χ1n) is 8.63. The van der Waals surface area contributed by atoms with Gasteiger partial charge in [-0.2, -0.15) is 0 Å². The summed E-state index contributed by atoms with van der Waals surface area (Å²) in [6.45, 7) is 2.55. The molecule has 1 aromatic rings. The third-order valence-electron chi connectivity index (χ3n) is 3.96. The van der Waals surface area contributed by atoms with Gasteiger partial charge in [-0.15, -0.1) is 0 Å². The molecule has 0 aliphatic rings. The lowest BCUT2D eigenvalue weighted by molar-refractivity contribution is -0.136. The molecule has 5 nitrogen and oxygen atoms in total. The molecular formula is C18H27ClO5S. The maximum absolute atomic E-state index is 12.2. The molecule has 1 atom stereocenters. The van der Waals surface area contributed by atoms with Crippen LogP contribution in [-0.2, 0) is 25.8 Å². The van der Waals surface area contributed by atoms with E-state index in [4.69, 9.17) is 16.3 Å². The molecule has 0 saturated heterocycles. The molecule has 0 aromatic heterocycles. The average Bonchev–Trinajstić information content (AvgIpc) is 2.56. The van der Waals surface area contributed by atoms with Crippen LogP contribution in [0.4, 0.5) is 0 Å². The first-order valence-corrected chi connectivity index (χ1v) is 10.7. The second-order valence-electron chi connectivity index (χ2n) is 6.03. The smallest absolute Gasteiger partial charge is 0.321 e. The predicted octanol–water partition coefficient (Wildman–Crippen LogP) is 3.74. The molecule has 0 bridgehead atoms. The molecule has 0 fully saturated rings. The lowest BCUT2D eigenvalue weighted by atomic mass is 10.2. The minimum absolute atomic E-state index is 0.0218. The van der Waals surface area contributed by atoms with Crippen molar-refractivity contribution < 1.29 is 23.1 Å². The lowest BCUT2D eigenvalue weighted by Gasteiger charge is -2.14. The number of sulfone groups is 1. The molecule has 0 amide bonds. The second kappa shape index (κ2) is 11.5. The summed E-state index contributed by atoms with van der Waals surface area (Å²) >= 11 is 5.81. The van der Waals surface area contributed by atoms with Crippen LogP contribution in [-0.4, -0.2) is 43.7 Å². The molecule has 1 unspecified atom stereocenters. The van der Waals surface area contributed by atoms with Gasteiger partial charge in [0.2, 0.25) is 0 Å². The number of aliphatic carboxylic acids is 1. The van der Waals surface area contributed by atoms with Gasteiger partial charge in [-0.3, -0.25) is 4.79 Å². The third-order valence-corrected chi connectivity index (χ3v) is 6.38. The van der Waals surface area contributed by atoms with Gasteiger partial charge < -0.3 is 9.84 Å². The summed E-state index contributed by atoms with van der Waals surface area (Å²) in [6.07, 6.45) is 3.92. The zero-order valence-corrected chi connectivity index (χ0v) is 16.2. The summed E-state index contributed by atoms with van der Waals surface area (Å²) in [5, 5.41) is 8.51. The topological polar surface area (TPSA) is 80.7 Å². The maximum Gasteiger partial charge on any atom is 0.321 e. The highest BCUT2D eigenvalue weighted by molar-refractivity contribution is 7.92. The molecule has 142 valence electrons. The molecule has 0 aliphatic heterocycles. The standard InChI is InChI=1S/C18H27ClO5S/c1-2-3-4-5-14-25(22,23)17(18(20)21)11-13-24-12-10-15-6-8-16(19)9-7-15/h6-9,17H,2-5,10-14H2,1H3,(H,20,21). The zero-order valence-electron chi connectivity index (χ0n) is 14.6. The van der Waals surface area contributed by atoms with Gasteiger partial charge in [0, 0.05) is 11.6 Å². The zero-order chi connectivity index (χ0) is 18.7. The Morgan fingerprint density at radius 2 is 1.84 bits per heavy atom. The molecule has 25 heavy (non-hydrogen) atoms. The number of rotatable bonds is 13. The molecule has 0 saturated carbocycles. The Morgan fingerprint density at radius 1 is 1.16 bits per heavy atom. The Bertz CT molecular complexity index is 613. The van der Waals surface area contributed by atoms with E-state index < -0.39 is 21.1 Å². The normalized spacial score (nSPS) is 12.9. The summed E-state index contributed by atoms with van der Waals surface area (Å²) in [7, 11) is -3.64. The lowest BCUT2D eigenvalue weighted by Crippen LogP contribution is -2.33. The molecule has 0 radical (unpaired) electrons. The Hall–Kier alpha value is -1.11. The fraction of sp³-hybridized carbons (Fsp3) is 0.611. The Kier molecular flexibility index (Phi) is 10.1. The highest BCUT2D eigenvalue weighted by atomic mass is 35.5. The number of halogens is 1.